The Morgan fingerprint density at radius 3 is 2.48 bits per heavy atom. The van der Waals surface area contributed by atoms with Gasteiger partial charge in [0.1, 0.15) is 17.5 Å². The fourth-order valence-electron chi connectivity index (χ4n) is 2.51. The van der Waals surface area contributed by atoms with Gasteiger partial charge in [-0.3, -0.25) is 4.79 Å². The lowest BCUT2D eigenvalue weighted by molar-refractivity contribution is -0.129. The number of nitrogens with zero attached hydrogens (tertiary/aromatic N) is 1. The van der Waals surface area contributed by atoms with Crippen LogP contribution in [-0.2, 0) is 4.79 Å². The van der Waals surface area contributed by atoms with Gasteiger partial charge in [0, 0.05) is 24.7 Å². The highest BCUT2D eigenvalue weighted by Crippen LogP contribution is 2.36. The number of anilines is 1. The van der Waals surface area contributed by atoms with Crippen molar-refractivity contribution in [3.8, 4) is 11.5 Å². The predicted molar refractivity (Wildman–Crippen MR) is 83.4 cm³/mol. The van der Waals surface area contributed by atoms with Crippen LogP contribution in [0.5, 0.6) is 11.5 Å². The number of amides is 1. The standard InChI is InChI=1S/C15H21ClN2O3/c1-9(2)18-6-5-11(15(18)19)17-12-8-13(20-3)10(16)7-14(12)21-4/h7-9,11,17H,5-6H2,1-4H3/t11-/m1/s1. The molecule has 1 aliphatic heterocycles. The largest absolute Gasteiger partial charge is 0.495 e. The number of rotatable bonds is 5. The van der Waals surface area contributed by atoms with E-state index in [1.165, 1.54) is 0 Å². The van der Waals surface area contributed by atoms with E-state index in [2.05, 4.69) is 5.32 Å². The molecule has 21 heavy (non-hydrogen) atoms. The van der Waals surface area contributed by atoms with Crippen molar-refractivity contribution in [2.75, 3.05) is 26.1 Å². The first-order chi connectivity index (χ1) is 9.97. The van der Waals surface area contributed by atoms with E-state index >= 15 is 0 Å². The summed E-state index contributed by atoms with van der Waals surface area (Å²) >= 11 is 6.08. The van der Waals surface area contributed by atoms with E-state index in [4.69, 9.17) is 21.1 Å². The molecule has 116 valence electrons. The summed E-state index contributed by atoms with van der Waals surface area (Å²) in [6.07, 6.45) is 0.769. The number of methoxy groups -OCH3 is 2. The summed E-state index contributed by atoms with van der Waals surface area (Å²) in [5.74, 6) is 1.25. The summed E-state index contributed by atoms with van der Waals surface area (Å²) < 4.78 is 10.5. The van der Waals surface area contributed by atoms with E-state index in [1.54, 1.807) is 26.4 Å². The molecule has 0 aromatic heterocycles. The third-order valence-electron chi connectivity index (χ3n) is 3.67. The van der Waals surface area contributed by atoms with Crippen LogP contribution in [0.4, 0.5) is 5.69 Å². The van der Waals surface area contributed by atoms with Crippen molar-refractivity contribution in [2.45, 2.75) is 32.4 Å². The molecule has 0 bridgehead atoms. The Labute approximate surface area is 130 Å². The number of benzene rings is 1. The third kappa shape index (κ3) is 3.18. The Balaban J connectivity index is 2.22. The molecule has 1 aromatic rings. The van der Waals surface area contributed by atoms with E-state index in [-0.39, 0.29) is 18.0 Å². The molecule has 1 aliphatic rings. The molecule has 0 aliphatic carbocycles. The van der Waals surface area contributed by atoms with Gasteiger partial charge in [0.25, 0.3) is 0 Å². The normalized spacial score (nSPS) is 18.3. The first kappa shape index (κ1) is 15.8. The molecule has 0 saturated carbocycles. The van der Waals surface area contributed by atoms with Crippen molar-refractivity contribution in [3.05, 3.63) is 17.2 Å². The van der Waals surface area contributed by atoms with Crippen LogP contribution in [0.1, 0.15) is 20.3 Å². The van der Waals surface area contributed by atoms with Crippen LogP contribution in [0.15, 0.2) is 12.1 Å². The van der Waals surface area contributed by atoms with Gasteiger partial charge < -0.3 is 19.7 Å². The Morgan fingerprint density at radius 1 is 1.29 bits per heavy atom. The minimum atomic E-state index is -0.243. The minimum absolute atomic E-state index is 0.112. The lowest BCUT2D eigenvalue weighted by atomic mass is 10.2. The van der Waals surface area contributed by atoms with Crippen molar-refractivity contribution in [1.29, 1.82) is 0 Å². The van der Waals surface area contributed by atoms with E-state index in [1.807, 2.05) is 18.7 Å². The molecule has 1 aromatic carbocycles. The predicted octanol–water partition coefficient (Wildman–Crippen LogP) is 2.78. The fourth-order valence-corrected chi connectivity index (χ4v) is 2.74. The Morgan fingerprint density at radius 2 is 1.95 bits per heavy atom. The van der Waals surface area contributed by atoms with Gasteiger partial charge in [0.05, 0.1) is 24.9 Å². The average molecular weight is 313 g/mol. The van der Waals surface area contributed by atoms with Gasteiger partial charge in [-0.25, -0.2) is 0 Å². The molecule has 0 unspecified atom stereocenters. The van der Waals surface area contributed by atoms with Gasteiger partial charge in [-0.05, 0) is 20.3 Å². The smallest absolute Gasteiger partial charge is 0.245 e. The Hall–Kier alpha value is -1.62. The van der Waals surface area contributed by atoms with Crippen molar-refractivity contribution < 1.29 is 14.3 Å². The lowest BCUT2D eigenvalue weighted by Crippen LogP contribution is -2.37. The molecule has 0 spiro atoms. The first-order valence-corrected chi connectivity index (χ1v) is 7.34. The molecule has 1 N–H and O–H groups in total. The maximum atomic E-state index is 12.3. The van der Waals surface area contributed by atoms with Crippen molar-refractivity contribution >= 4 is 23.2 Å². The Kier molecular flexibility index (Phi) is 4.83. The van der Waals surface area contributed by atoms with E-state index < -0.39 is 0 Å². The van der Waals surface area contributed by atoms with E-state index in [0.717, 1.165) is 13.0 Å². The molecule has 1 amide bonds. The second-order valence-corrected chi connectivity index (χ2v) is 5.71. The summed E-state index contributed by atoms with van der Waals surface area (Å²) in [6, 6.07) is 3.41. The average Bonchev–Trinajstić information content (AvgIpc) is 2.81. The molecule has 5 nitrogen and oxygen atoms in total. The third-order valence-corrected chi connectivity index (χ3v) is 3.96. The van der Waals surface area contributed by atoms with Crippen LogP contribution in [0.2, 0.25) is 5.02 Å². The summed E-state index contributed by atoms with van der Waals surface area (Å²) in [4.78, 5) is 14.2. The van der Waals surface area contributed by atoms with Crippen molar-refractivity contribution in [3.63, 3.8) is 0 Å². The highest BCUT2D eigenvalue weighted by molar-refractivity contribution is 6.32. The number of ether oxygens (including phenoxy) is 2. The van der Waals surface area contributed by atoms with Crippen LogP contribution in [0.3, 0.4) is 0 Å². The van der Waals surface area contributed by atoms with Gasteiger partial charge in [0.15, 0.2) is 0 Å². The highest BCUT2D eigenvalue weighted by atomic mass is 35.5. The minimum Gasteiger partial charge on any atom is -0.495 e. The molecule has 1 heterocycles. The number of carbonyl (C=O) groups excluding carboxylic acids is 1. The summed E-state index contributed by atoms with van der Waals surface area (Å²) in [6.45, 7) is 4.81. The second-order valence-electron chi connectivity index (χ2n) is 5.30. The molecule has 2 rings (SSSR count). The van der Waals surface area contributed by atoms with Crippen LogP contribution < -0.4 is 14.8 Å². The number of halogens is 1. The topological polar surface area (TPSA) is 50.8 Å². The zero-order valence-electron chi connectivity index (χ0n) is 12.8. The lowest BCUT2D eigenvalue weighted by Gasteiger charge is -2.22. The molecular weight excluding hydrogens is 292 g/mol. The zero-order valence-corrected chi connectivity index (χ0v) is 13.5. The van der Waals surface area contributed by atoms with Crippen LogP contribution in [0, 0.1) is 0 Å². The van der Waals surface area contributed by atoms with E-state index in [0.29, 0.717) is 22.2 Å². The van der Waals surface area contributed by atoms with Crippen LogP contribution in [-0.4, -0.2) is 43.7 Å². The second kappa shape index (κ2) is 6.43. The number of carbonyl (C=O) groups is 1. The molecular formula is C15H21ClN2O3. The van der Waals surface area contributed by atoms with Crippen molar-refractivity contribution in [1.82, 2.24) is 4.90 Å². The SMILES string of the molecule is COc1cc(N[C@@H]2CCN(C(C)C)C2=O)c(OC)cc1Cl. The number of nitrogens with one attached hydrogen (secondary N) is 1. The maximum absolute atomic E-state index is 12.3. The van der Waals surface area contributed by atoms with Gasteiger partial charge in [-0.2, -0.15) is 0 Å². The number of hydrogen-bond donors (Lipinski definition) is 1. The molecule has 1 saturated heterocycles. The summed E-state index contributed by atoms with van der Waals surface area (Å²) in [7, 11) is 3.12. The molecule has 1 atom stereocenters. The molecule has 1 fully saturated rings. The maximum Gasteiger partial charge on any atom is 0.245 e. The van der Waals surface area contributed by atoms with Crippen LogP contribution >= 0.6 is 11.6 Å². The molecule has 6 heteroatoms. The number of hydrogen-bond acceptors (Lipinski definition) is 4. The quantitative estimate of drug-likeness (QED) is 0.908. The summed E-state index contributed by atoms with van der Waals surface area (Å²) in [5.41, 5.74) is 0.711. The van der Waals surface area contributed by atoms with Gasteiger partial charge in [-0.1, -0.05) is 11.6 Å². The van der Waals surface area contributed by atoms with E-state index in [9.17, 15) is 4.79 Å². The molecule has 0 radical (unpaired) electrons. The van der Waals surface area contributed by atoms with Crippen LogP contribution in [0.25, 0.3) is 0 Å². The van der Waals surface area contributed by atoms with Gasteiger partial charge in [-0.15, -0.1) is 0 Å². The van der Waals surface area contributed by atoms with Gasteiger partial charge in [0.2, 0.25) is 5.91 Å². The fraction of sp³-hybridized carbons (Fsp3) is 0.533. The first-order valence-electron chi connectivity index (χ1n) is 6.96. The zero-order chi connectivity index (χ0) is 15.6. The number of likely N-dealkylation sites (tertiary alicyclic amines) is 1. The van der Waals surface area contributed by atoms with Crippen molar-refractivity contribution in [2.24, 2.45) is 0 Å². The monoisotopic (exact) mass is 312 g/mol. The van der Waals surface area contributed by atoms with Gasteiger partial charge >= 0.3 is 0 Å². The highest BCUT2D eigenvalue weighted by Gasteiger charge is 2.33. The Bertz CT molecular complexity index is 534. The summed E-state index contributed by atoms with van der Waals surface area (Å²) in [5, 5.41) is 3.72.